The molecule has 0 saturated heterocycles. The van der Waals surface area contributed by atoms with Crippen molar-refractivity contribution >= 4 is 21.4 Å². The van der Waals surface area contributed by atoms with E-state index in [9.17, 15) is 8.42 Å². The van der Waals surface area contributed by atoms with Crippen molar-refractivity contribution in [3.05, 3.63) is 53.1 Å². The average molecular weight is 299 g/mol. The normalized spacial score (nSPS) is 14.0. The highest BCUT2D eigenvalue weighted by Gasteiger charge is 2.24. The minimum atomic E-state index is -3.37. The van der Waals surface area contributed by atoms with Crippen LogP contribution in [0, 0.1) is 0 Å². The third-order valence-electron chi connectivity index (χ3n) is 2.62. The van der Waals surface area contributed by atoms with Gasteiger partial charge in [0.15, 0.2) is 9.84 Å². The smallest absolute Gasteiger partial charge is 0.185 e. The van der Waals surface area contributed by atoms with Crippen LogP contribution in [0.4, 0.5) is 0 Å². The van der Waals surface area contributed by atoms with Crippen molar-refractivity contribution in [2.45, 2.75) is 37.3 Å². The van der Waals surface area contributed by atoms with Crippen LogP contribution in [0.1, 0.15) is 27.2 Å². The van der Waals surface area contributed by atoms with Crippen molar-refractivity contribution in [2.24, 2.45) is 0 Å². The van der Waals surface area contributed by atoms with Gasteiger partial charge < -0.3 is 0 Å². The van der Waals surface area contributed by atoms with Crippen molar-refractivity contribution in [3.63, 3.8) is 0 Å². The fraction of sp³-hybridized carbons (Fsp3) is 0.333. The summed E-state index contributed by atoms with van der Waals surface area (Å²) >= 11 is 5.80. The van der Waals surface area contributed by atoms with E-state index in [0.717, 1.165) is 5.57 Å². The summed E-state index contributed by atoms with van der Waals surface area (Å²) in [6, 6.07) is 8.51. The lowest BCUT2D eigenvalue weighted by Gasteiger charge is -2.13. The minimum Gasteiger partial charge on any atom is -0.223 e. The third-order valence-corrected chi connectivity index (χ3v) is 4.83. The predicted molar refractivity (Wildman–Crippen MR) is 81.1 cm³/mol. The van der Waals surface area contributed by atoms with Gasteiger partial charge >= 0.3 is 0 Å². The van der Waals surface area contributed by atoms with Gasteiger partial charge in [-0.1, -0.05) is 47.5 Å². The van der Waals surface area contributed by atoms with E-state index in [0.29, 0.717) is 16.3 Å². The molecule has 4 heteroatoms. The van der Waals surface area contributed by atoms with Crippen LogP contribution >= 0.6 is 11.6 Å². The number of halogens is 1. The lowest BCUT2D eigenvalue weighted by atomic mass is 10.2. The highest BCUT2D eigenvalue weighted by atomic mass is 35.5. The zero-order valence-corrected chi connectivity index (χ0v) is 13.0. The molecule has 1 atom stereocenters. The quantitative estimate of drug-likeness (QED) is 0.758. The fourth-order valence-electron chi connectivity index (χ4n) is 1.72. The molecule has 0 saturated carbocycles. The van der Waals surface area contributed by atoms with Crippen LogP contribution in [0.25, 0.3) is 0 Å². The van der Waals surface area contributed by atoms with E-state index in [-0.39, 0.29) is 0 Å². The van der Waals surface area contributed by atoms with Crippen molar-refractivity contribution in [2.75, 3.05) is 0 Å². The van der Waals surface area contributed by atoms with Gasteiger partial charge in [-0.05, 0) is 39.3 Å². The van der Waals surface area contributed by atoms with Crippen LogP contribution < -0.4 is 0 Å². The molecule has 0 aliphatic carbocycles. The van der Waals surface area contributed by atoms with E-state index < -0.39 is 15.1 Å². The van der Waals surface area contributed by atoms with Crippen LogP contribution in [0.3, 0.4) is 0 Å². The number of rotatable bonds is 5. The van der Waals surface area contributed by atoms with E-state index >= 15 is 0 Å². The van der Waals surface area contributed by atoms with Gasteiger partial charge in [-0.3, -0.25) is 0 Å². The minimum absolute atomic E-state index is 0.345. The summed E-state index contributed by atoms with van der Waals surface area (Å²) in [6.45, 7) is 5.53. The number of allylic oxidation sites excluding steroid dienone is 3. The topological polar surface area (TPSA) is 34.1 Å². The van der Waals surface area contributed by atoms with E-state index in [1.54, 1.807) is 49.4 Å². The maximum atomic E-state index is 12.6. The molecule has 1 unspecified atom stereocenters. The number of sulfone groups is 1. The van der Waals surface area contributed by atoms with Crippen molar-refractivity contribution < 1.29 is 8.42 Å². The zero-order chi connectivity index (χ0) is 14.5. The van der Waals surface area contributed by atoms with Gasteiger partial charge in [0, 0.05) is 5.03 Å². The molecule has 0 aliphatic rings. The van der Waals surface area contributed by atoms with Crippen molar-refractivity contribution in [1.29, 1.82) is 0 Å². The Morgan fingerprint density at radius 1 is 1.21 bits per heavy atom. The maximum Gasteiger partial charge on any atom is 0.185 e. The molecular weight excluding hydrogens is 280 g/mol. The molecule has 19 heavy (non-hydrogen) atoms. The maximum absolute atomic E-state index is 12.6. The van der Waals surface area contributed by atoms with Gasteiger partial charge in [-0.2, -0.15) is 0 Å². The van der Waals surface area contributed by atoms with Gasteiger partial charge in [0.1, 0.15) is 0 Å². The summed E-state index contributed by atoms with van der Waals surface area (Å²) < 4.78 is 25.1. The first-order chi connectivity index (χ1) is 8.84. The standard InChI is InChI=1S/C15H19ClO2S/c1-12(2)11-15(10-9-13(3)16)19(17,18)14-7-5-4-6-8-14/h4-9,11,15H,10H2,1-3H3. The lowest BCUT2D eigenvalue weighted by molar-refractivity contribution is 0.588. The largest absolute Gasteiger partial charge is 0.223 e. The summed E-state index contributed by atoms with van der Waals surface area (Å²) in [5.74, 6) is 0. The molecule has 0 N–H and O–H groups in total. The number of benzene rings is 1. The molecule has 1 aromatic carbocycles. The average Bonchev–Trinajstić information content (AvgIpc) is 2.34. The number of hydrogen-bond donors (Lipinski definition) is 0. The first kappa shape index (κ1) is 16.0. The second-order valence-corrected chi connectivity index (χ2v) is 7.43. The Labute approximate surface area is 120 Å². The Kier molecular flexibility index (Phi) is 5.83. The molecule has 0 aromatic heterocycles. The molecule has 0 bridgehead atoms. The fourth-order valence-corrected chi connectivity index (χ4v) is 3.50. The molecule has 0 heterocycles. The summed E-state index contributed by atoms with van der Waals surface area (Å²) in [5, 5.41) is 0.0315. The third kappa shape index (κ3) is 4.84. The van der Waals surface area contributed by atoms with Gasteiger partial charge in [-0.15, -0.1) is 0 Å². The Bertz CT molecular complexity index is 563. The van der Waals surface area contributed by atoms with E-state index in [1.165, 1.54) is 0 Å². The van der Waals surface area contributed by atoms with E-state index in [2.05, 4.69) is 0 Å². The second kappa shape index (κ2) is 6.92. The highest BCUT2D eigenvalue weighted by molar-refractivity contribution is 7.92. The van der Waals surface area contributed by atoms with Gasteiger partial charge in [0.2, 0.25) is 0 Å². The first-order valence-electron chi connectivity index (χ1n) is 6.10. The molecule has 0 aliphatic heterocycles. The van der Waals surface area contributed by atoms with Gasteiger partial charge in [-0.25, -0.2) is 8.42 Å². The van der Waals surface area contributed by atoms with Crippen molar-refractivity contribution in [1.82, 2.24) is 0 Å². The van der Waals surface area contributed by atoms with Gasteiger partial charge in [0.05, 0.1) is 10.1 Å². The Balaban J connectivity index is 3.17. The summed E-state index contributed by atoms with van der Waals surface area (Å²) in [7, 11) is -3.37. The summed E-state index contributed by atoms with van der Waals surface area (Å²) in [5.41, 5.74) is 0.977. The van der Waals surface area contributed by atoms with Crippen LogP contribution in [0.2, 0.25) is 0 Å². The lowest BCUT2D eigenvalue weighted by Crippen LogP contribution is -2.19. The second-order valence-electron chi connectivity index (χ2n) is 4.67. The van der Waals surface area contributed by atoms with Crippen LogP contribution in [-0.4, -0.2) is 13.7 Å². The van der Waals surface area contributed by atoms with Crippen molar-refractivity contribution in [3.8, 4) is 0 Å². The highest BCUT2D eigenvalue weighted by Crippen LogP contribution is 2.21. The molecule has 0 fully saturated rings. The first-order valence-corrected chi connectivity index (χ1v) is 8.02. The molecule has 1 rings (SSSR count). The molecule has 0 radical (unpaired) electrons. The Morgan fingerprint density at radius 2 is 1.79 bits per heavy atom. The van der Waals surface area contributed by atoms with E-state index in [1.807, 2.05) is 13.8 Å². The molecule has 0 amide bonds. The molecular formula is C15H19ClO2S. The summed E-state index contributed by atoms with van der Waals surface area (Å²) in [4.78, 5) is 0.345. The summed E-state index contributed by atoms with van der Waals surface area (Å²) in [6.07, 6.45) is 3.91. The van der Waals surface area contributed by atoms with E-state index in [4.69, 9.17) is 11.6 Å². The monoisotopic (exact) mass is 298 g/mol. The van der Waals surface area contributed by atoms with Crippen LogP contribution in [-0.2, 0) is 9.84 Å². The van der Waals surface area contributed by atoms with Gasteiger partial charge in [0.25, 0.3) is 0 Å². The van der Waals surface area contributed by atoms with Crippen LogP contribution in [0.15, 0.2) is 58.0 Å². The molecule has 0 spiro atoms. The number of hydrogen-bond acceptors (Lipinski definition) is 2. The molecule has 1 aromatic rings. The van der Waals surface area contributed by atoms with Crippen LogP contribution in [0.5, 0.6) is 0 Å². The Hall–Kier alpha value is -1.06. The zero-order valence-electron chi connectivity index (χ0n) is 11.4. The Morgan fingerprint density at radius 3 is 2.26 bits per heavy atom. The molecule has 2 nitrogen and oxygen atoms in total. The predicted octanol–water partition coefficient (Wildman–Crippen LogP) is 4.33. The molecule has 104 valence electrons. The SMILES string of the molecule is CC(C)=CC(CC=C(C)Cl)S(=O)(=O)c1ccccc1.